The van der Waals surface area contributed by atoms with Gasteiger partial charge in [-0.15, -0.1) is 11.8 Å². The summed E-state index contributed by atoms with van der Waals surface area (Å²) < 4.78 is 3.32. The molecule has 0 spiro atoms. The number of rotatable bonds is 8. The number of carbonyl (C=O) groups excluding carboxylic acids is 1. The number of hydrogen-bond donors (Lipinski definition) is 0. The van der Waals surface area contributed by atoms with Crippen molar-refractivity contribution >= 4 is 51.0 Å². The highest BCUT2D eigenvalue weighted by Gasteiger charge is 2.07. The Balaban J connectivity index is 1.59. The van der Waals surface area contributed by atoms with Crippen molar-refractivity contribution in [2.45, 2.75) is 37.0 Å². The SMILES string of the molecule is CCn1c(=NC(=O)CCCSCc2ccccc2)sc2cc(SC)ccc21. The highest BCUT2D eigenvalue weighted by atomic mass is 32.2. The smallest absolute Gasteiger partial charge is 0.248 e. The van der Waals surface area contributed by atoms with Crippen LogP contribution in [0.1, 0.15) is 25.3 Å². The predicted molar refractivity (Wildman–Crippen MR) is 120 cm³/mol. The summed E-state index contributed by atoms with van der Waals surface area (Å²) in [7, 11) is 0. The number of aromatic nitrogens is 1. The molecule has 0 aliphatic carbocycles. The fourth-order valence-electron chi connectivity index (χ4n) is 2.82. The lowest BCUT2D eigenvalue weighted by Gasteiger charge is -2.02. The number of nitrogens with zero attached hydrogens (tertiary/aromatic N) is 2. The standard InChI is InChI=1S/C21H24N2OS3/c1-3-23-18-12-11-17(25-2)14-19(18)27-21(23)22-20(24)10-7-13-26-15-16-8-5-4-6-9-16/h4-6,8-9,11-12,14H,3,7,10,13,15H2,1-2H3. The first-order valence-electron chi connectivity index (χ1n) is 9.08. The van der Waals surface area contributed by atoms with E-state index in [0.717, 1.165) is 34.8 Å². The normalized spacial score (nSPS) is 12.0. The first-order chi connectivity index (χ1) is 13.2. The lowest BCUT2D eigenvalue weighted by atomic mass is 10.2. The number of thiazole rings is 1. The largest absolute Gasteiger partial charge is 0.317 e. The number of fused-ring (bicyclic) bond motifs is 1. The topological polar surface area (TPSA) is 34.4 Å². The van der Waals surface area contributed by atoms with Gasteiger partial charge < -0.3 is 4.57 Å². The van der Waals surface area contributed by atoms with Crippen LogP contribution in [0.4, 0.5) is 0 Å². The maximum Gasteiger partial charge on any atom is 0.248 e. The molecule has 0 fully saturated rings. The first-order valence-corrected chi connectivity index (χ1v) is 12.3. The number of benzene rings is 2. The molecule has 0 unspecified atom stereocenters. The zero-order valence-corrected chi connectivity index (χ0v) is 18.1. The monoisotopic (exact) mass is 416 g/mol. The second-order valence-corrected chi connectivity index (χ2v) is 9.10. The number of amides is 1. The third-order valence-electron chi connectivity index (χ3n) is 4.22. The fraction of sp³-hybridized carbons (Fsp3) is 0.333. The fourth-order valence-corrected chi connectivity index (χ4v) is 5.41. The van der Waals surface area contributed by atoms with E-state index in [2.05, 4.69) is 65.2 Å². The summed E-state index contributed by atoms with van der Waals surface area (Å²) in [5.41, 5.74) is 2.49. The van der Waals surface area contributed by atoms with Crippen molar-refractivity contribution in [3.63, 3.8) is 0 Å². The van der Waals surface area contributed by atoms with Crippen LogP contribution in [0, 0.1) is 0 Å². The first kappa shape index (κ1) is 20.2. The van der Waals surface area contributed by atoms with Gasteiger partial charge in [-0.3, -0.25) is 4.79 Å². The lowest BCUT2D eigenvalue weighted by Crippen LogP contribution is -2.15. The van der Waals surface area contributed by atoms with Gasteiger partial charge >= 0.3 is 0 Å². The van der Waals surface area contributed by atoms with Crippen molar-refractivity contribution < 1.29 is 4.79 Å². The van der Waals surface area contributed by atoms with Crippen LogP contribution in [0.2, 0.25) is 0 Å². The van der Waals surface area contributed by atoms with E-state index in [4.69, 9.17) is 0 Å². The zero-order chi connectivity index (χ0) is 19.1. The highest BCUT2D eigenvalue weighted by molar-refractivity contribution is 7.98. The molecule has 3 rings (SSSR count). The molecule has 0 atom stereocenters. The second-order valence-electron chi connectivity index (χ2n) is 6.11. The molecule has 3 aromatic rings. The summed E-state index contributed by atoms with van der Waals surface area (Å²) in [6.45, 7) is 2.91. The molecular formula is C21H24N2OS3. The molecule has 3 nitrogen and oxygen atoms in total. The third kappa shape index (κ3) is 5.50. The van der Waals surface area contributed by atoms with Crippen LogP contribution in [0.15, 0.2) is 58.4 Å². The van der Waals surface area contributed by atoms with Gasteiger partial charge in [0, 0.05) is 23.6 Å². The minimum atomic E-state index is -0.0193. The Morgan fingerprint density at radius 3 is 2.74 bits per heavy atom. The molecule has 142 valence electrons. The maximum atomic E-state index is 12.3. The molecule has 0 saturated heterocycles. The van der Waals surface area contributed by atoms with Crippen molar-refractivity contribution in [2.75, 3.05) is 12.0 Å². The average molecular weight is 417 g/mol. The van der Waals surface area contributed by atoms with Crippen LogP contribution in [0.3, 0.4) is 0 Å². The van der Waals surface area contributed by atoms with Crippen molar-refractivity contribution in [1.29, 1.82) is 0 Å². The van der Waals surface area contributed by atoms with Gasteiger partial charge in [0.2, 0.25) is 5.91 Å². The number of carbonyl (C=O) groups is 1. The van der Waals surface area contributed by atoms with Crippen molar-refractivity contribution in [1.82, 2.24) is 4.57 Å². The Hall–Kier alpha value is -1.50. The van der Waals surface area contributed by atoms with E-state index in [1.165, 1.54) is 15.2 Å². The van der Waals surface area contributed by atoms with Crippen LogP contribution in [-0.2, 0) is 17.1 Å². The quantitative estimate of drug-likeness (QED) is 0.355. The molecule has 27 heavy (non-hydrogen) atoms. The second kappa shape index (κ2) is 10.2. The molecule has 0 bridgehead atoms. The summed E-state index contributed by atoms with van der Waals surface area (Å²) >= 11 is 5.21. The molecule has 0 radical (unpaired) electrons. The molecule has 0 aliphatic heterocycles. The van der Waals surface area contributed by atoms with Crippen LogP contribution >= 0.6 is 34.9 Å². The van der Waals surface area contributed by atoms with Crippen LogP contribution in [0.5, 0.6) is 0 Å². The van der Waals surface area contributed by atoms with Gasteiger partial charge in [-0.05, 0) is 49.1 Å². The number of aryl methyl sites for hydroxylation is 1. The maximum absolute atomic E-state index is 12.3. The Kier molecular flexibility index (Phi) is 7.61. The Morgan fingerprint density at radius 2 is 2.00 bits per heavy atom. The summed E-state index contributed by atoms with van der Waals surface area (Å²) in [5, 5.41) is 0. The van der Waals surface area contributed by atoms with Gasteiger partial charge in [0.25, 0.3) is 0 Å². The summed E-state index contributed by atoms with van der Waals surface area (Å²) in [4.78, 5) is 18.8. The molecule has 6 heteroatoms. The van der Waals surface area contributed by atoms with Crippen molar-refractivity contribution in [2.24, 2.45) is 4.99 Å². The van der Waals surface area contributed by atoms with E-state index in [1.807, 2.05) is 17.8 Å². The number of hydrogen-bond acceptors (Lipinski definition) is 4. The minimum Gasteiger partial charge on any atom is -0.317 e. The van der Waals surface area contributed by atoms with Gasteiger partial charge in [-0.25, -0.2) is 0 Å². The lowest BCUT2D eigenvalue weighted by molar-refractivity contribution is -0.118. The molecule has 2 aromatic carbocycles. The van der Waals surface area contributed by atoms with Gasteiger partial charge in [-0.2, -0.15) is 16.8 Å². The predicted octanol–water partition coefficient (Wildman–Crippen LogP) is 5.59. The molecule has 0 saturated carbocycles. The summed E-state index contributed by atoms with van der Waals surface area (Å²) in [5.74, 6) is 1.96. The van der Waals surface area contributed by atoms with Gasteiger partial charge in [0.05, 0.1) is 10.2 Å². The average Bonchev–Trinajstić information content (AvgIpc) is 3.04. The van der Waals surface area contributed by atoms with Crippen LogP contribution < -0.4 is 4.80 Å². The molecule has 0 N–H and O–H groups in total. The molecular weight excluding hydrogens is 392 g/mol. The Labute approximate surface area is 172 Å². The zero-order valence-electron chi connectivity index (χ0n) is 15.7. The van der Waals surface area contributed by atoms with E-state index in [9.17, 15) is 4.79 Å². The van der Waals surface area contributed by atoms with E-state index >= 15 is 0 Å². The van der Waals surface area contributed by atoms with Gasteiger partial charge in [-0.1, -0.05) is 41.7 Å². The molecule has 1 aromatic heterocycles. The van der Waals surface area contributed by atoms with E-state index in [0.29, 0.717) is 6.42 Å². The molecule has 1 heterocycles. The van der Waals surface area contributed by atoms with Gasteiger partial charge in [0.15, 0.2) is 4.80 Å². The highest BCUT2D eigenvalue weighted by Crippen LogP contribution is 2.24. The Morgan fingerprint density at radius 1 is 1.19 bits per heavy atom. The third-order valence-corrected chi connectivity index (χ3v) is 7.10. The molecule has 1 amide bonds. The van der Waals surface area contributed by atoms with Crippen molar-refractivity contribution in [3.05, 3.63) is 58.9 Å². The number of thioether (sulfide) groups is 2. The van der Waals surface area contributed by atoms with E-state index < -0.39 is 0 Å². The Bertz CT molecular complexity index is 960. The summed E-state index contributed by atoms with van der Waals surface area (Å²) in [6.07, 6.45) is 3.45. The summed E-state index contributed by atoms with van der Waals surface area (Å²) in [6, 6.07) is 16.9. The minimum absolute atomic E-state index is 0.0193. The van der Waals surface area contributed by atoms with Crippen molar-refractivity contribution in [3.8, 4) is 0 Å². The van der Waals surface area contributed by atoms with Crippen LogP contribution in [0.25, 0.3) is 10.2 Å². The van der Waals surface area contributed by atoms with Crippen LogP contribution in [-0.4, -0.2) is 22.5 Å². The van der Waals surface area contributed by atoms with E-state index in [-0.39, 0.29) is 5.91 Å². The van der Waals surface area contributed by atoms with Gasteiger partial charge in [0.1, 0.15) is 0 Å². The molecule has 0 aliphatic rings. The van der Waals surface area contributed by atoms with E-state index in [1.54, 1.807) is 23.1 Å².